The largest absolute Gasteiger partial charge is 0.383 e. The Labute approximate surface area is 97.1 Å². The first kappa shape index (κ1) is 11.1. The molecule has 1 unspecified atom stereocenters. The molecule has 0 bridgehead atoms. The van der Waals surface area contributed by atoms with E-state index in [1.54, 1.807) is 24.1 Å². The lowest BCUT2D eigenvalue weighted by molar-refractivity contribution is 0.220. The molecule has 1 aromatic heterocycles. The first-order chi connectivity index (χ1) is 7.58. The summed E-state index contributed by atoms with van der Waals surface area (Å²) in [5.74, 6) is -0.424. The van der Waals surface area contributed by atoms with Crippen LogP contribution in [0.5, 0.6) is 0 Å². The Kier molecular flexibility index (Phi) is 2.94. The number of nitrogens with zero attached hydrogens (tertiary/aromatic N) is 2. The minimum absolute atomic E-state index is 0.205. The number of aliphatic hydroxyl groups excluding tert-OH is 1. The van der Waals surface area contributed by atoms with Gasteiger partial charge >= 0.3 is 0 Å². The van der Waals surface area contributed by atoms with Gasteiger partial charge in [-0.1, -0.05) is 17.7 Å². The van der Waals surface area contributed by atoms with Crippen LogP contribution in [0.3, 0.4) is 0 Å². The van der Waals surface area contributed by atoms with E-state index in [9.17, 15) is 9.50 Å². The van der Waals surface area contributed by atoms with Crippen molar-refractivity contribution in [2.45, 2.75) is 6.10 Å². The van der Waals surface area contributed by atoms with Crippen LogP contribution in [-0.4, -0.2) is 14.9 Å². The van der Waals surface area contributed by atoms with Crippen molar-refractivity contribution in [1.29, 1.82) is 0 Å². The van der Waals surface area contributed by atoms with Gasteiger partial charge in [0.05, 0.1) is 6.20 Å². The molecule has 0 aliphatic heterocycles. The summed E-state index contributed by atoms with van der Waals surface area (Å²) in [5, 5.41) is 14.2. The second-order valence-electron chi connectivity index (χ2n) is 3.52. The molecule has 2 aromatic rings. The summed E-state index contributed by atoms with van der Waals surface area (Å²) in [4.78, 5) is 0. The summed E-state index contributed by atoms with van der Waals surface area (Å²) < 4.78 is 14.4. The number of rotatable bonds is 2. The van der Waals surface area contributed by atoms with E-state index in [2.05, 4.69) is 5.10 Å². The highest BCUT2D eigenvalue weighted by molar-refractivity contribution is 6.31. The zero-order valence-electron chi connectivity index (χ0n) is 8.56. The second kappa shape index (κ2) is 4.23. The first-order valence-corrected chi connectivity index (χ1v) is 5.07. The Morgan fingerprint density at radius 2 is 2.25 bits per heavy atom. The standard InChI is InChI=1S/C11H10ClFN2O/c1-15-6-7(5-14-15)11(16)9-3-2-8(13)4-10(9)12/h2-6,11,16H,1H3. The van der Waals surface area contributed by atoms with Gasteiger partial charge in [0.2, 0.25) is 0 Å². The first-order valence-electron chi connectivity index (χ1n) is 4.69. The Bertz CT molecular complexity index is 512. The van der Waals surface area contributed by atoms with Crippen LogP contribution in [0.2, 0.25) is 5.02 Å². The van der Waals surface area contributed by atoms with Crippen molar-refractivity contribution in [3.63, 3.8) is 0 Å². The maximum atomic E-state index is 12.8. The molecule has 1 atom stereocenters. The van der Waals surface area contributed by atoms with Crippen LogP contribution in [0.1, 0.15) is 17.2 Å². The second-order valence-corrected chi connectivity index (χ2v) is 3.92. The van der Waals surface area contributed by atoms with Crippen LogP contribution in [0.15, 0.2) is 30.6 Å². The lowest BCUT2D eigenvalue weighted by Crippen LogP contribution is -1.99. The lowest BCUT2D eigenvalue weighted by atomic mass is 10.0. The van der Waals surface area contributed by atoms with E-state index in [0.717, 1.165) is 0 Å². The third-order valence-electron chi connectivity index (χ3n) is 2.30. The van der Waals surface area contributed by atoms with E-state index < -0.39 is 11.9 Å². The van der Waals surface area contributed by atoms with E-state index in [-0.39, 0.29) is 5.02 Å². The summed E-state index contributed by atoms with van der Waals surface area (Å²) in [6, 6.07) is 3.91. The molecule has 1 aromatic carbocycles. The Morgan fingerprint density at radius 3 is 2.81 bits per heavy atom. The molecule has 3 nitrogen and oxygen atoms in total. The van der Waals surface area contributed by atoms with Gasteiger partial charge in [-0.3, -0.25) is 4.68 Å². The van der Waals surface area contributed by atoms with Gasteiger partial charge in [-0.05, 0) is 12.1 Å². The zero-order valence-corrected chi connectivity index (χ0v) is 9.32. The summed E-state index contributed by atoms with van der Waals surface area (Å²) in [7, 11) is 1.75. The smallest absolute Gasteiger partial charge is 0.124 e. The van der Waals surface area contributed by atoms with Crippen LogP contribution < -0.4 is 0 Å². The number of aliphatic hydroxyl groups is 1. The summed E-state index contributed by atoms with van der Waals surface area (Å²) >= 11 is 5.85. The van der Waals surface area contributed by atoms with Gasteiger partial charge in [0.1, 0.15) is 11.9 Å². The third-order valence-corrected chi connectivity index (χ3v) is 2.62. The highest BCUT2D eigenvalue weighted by Crippen LogP contribution is 2.28. The molecule has 0 radical (unpaired) electrons. The van der Waals surface area contributed by atoms with E-state index in [1.165, 1.54) is 18.2 Å². The van der Waals surface area contributed by atoms with Crippen molar-refractivity contribution in [3.8, 4) is 0 Å². The number of halogens is 2. The average Bonchev–Trinajstić information content (AvgIpc) is 2.64. The zero-order chi connectivity index (χ0) is 11.7. The Hall–Kier alpha value is -1.39. The van der Waals surface area contributed by atoms with Crippen LogP contribution in [0, 0.1) is 5.82 Å². The molecular formula is C11H10ClFN2O. The lowest BCUT2D eigenvalue weighted by Gasteiger charge is -2.10. The van der Waals surface area contributed by atoms with Gasteiger partial charge in [0.25, 0.3) is 0 Å². The number of aryl methyl sites for hydroxylation is 1. The maximum absolute atomic E-state index is 12.8. The number of aromatic nitrogens is 2. The molecule has 0 saturated carbocycles. The van der Waals surface area contributed by atoms with E-state index in [0.29, 0.717) is 11.1 Å². The fourth-order valence-electron chi connectivity index (χ4n) is 1.48. The normalized spacial score (nSPS) is 12.8. The van der Waals surface area contributed by atoms with E-state index in [1.807, 2.05) is 0 Å². The minimum Gasteiger partial charge on any atom is -0.383 e. The Morgan fingerprint density at radius 1 is 1.50 bits per heavy atom. The molecule has 0 fully saturated rings. The Balaban J connectivity index is 2.37. The maximum Gasteiger partial charge on any atom is 0.124 e. The van der Waals surface area contributed by atoms with E-state index >= 15 is 0 Å². The average molecular weight is 241 g/mol. The molecule has 1 N–H and O–H groups in total. The van der Waals surface area contributed by atoms with Gasteiger partial charge in [0, 0.05) is 29.4 Å². The van der Waals surface area contributed by atoms with E-state index in [4.69, 9.17) is 11.6 Å². The van der Waals surface area contributed by atoms with Gasteiger partial charge in [0.15, 0.2) is 0 Å². The van der Waals surface area contributed by atoms with Crippen molar-refractivity contribution in [2.75, 3.05) is 0 Å². The highest BCUT2D eigenvalue weighted by atomic mass is 35.5. The molecule has 2 rings (SSSR count). The van der Waals surface area contributed by atoms with Crippen LogP contribution in [0.4, 0.5) is 4.39 Å². The van der Waals surface area contributed by atoms with Crippen molar-refractivity contribution < 1.29 is 9.50 Å². The third kappa shape index (κ3) is 2.08. The van der Waals surface area contributed by atoms with Crippen molar-refractivity contribution >= 4 is 11.6 Å². The van der Waals surface area contributed by atoms with Gasteiger partial charge in [-0.25, -0.2) is 4.39 Å². The highest BCUT2D eigenvalue weighted by Gasteiger charge is 2.15. The molecule has 0 amide bonds. The van der Waals surface area contributed by atoms with Crippen LogP contribution >= 0.6 is 11.6 Å². The summed E-state index contributed by atoms with van der Waals surface area (Å²) in [6.07, 6.45) is 2.34. The fraction of sp³-hybridized carbons (Fsp3) is 0.182. The van der Waals surface area contributed by atoms with Gasteiger partial charge in [-0.15, -0.1) is 0 Å². The number of hydrogen-bond acceptors (Lipinski definition) is 2. The number of hydrogen-bond donors (Lipinski definition) is 1. The number of benzene rings is 1. The quantitative estimate of drug-likeness (QED) is 0.875. The van der Waals surface area contributed by atoms with Crippen LogP contribution in [-0.2, 0) is 7.05 Å². The molecule has 0 spiro atoms. The predicted octanol–water partition coefficient (Wildman–Crippen LogP) is 2.29. The molecule has 16 heavy (non-hydrogen) atoms. The molecule has 0 aliphatic carbocycles. The predicted molar refractivity (Wildman–Crippen MR) is 58.7 cm³/mol. The summed E-state index contributed by atoms with van der Waals surface area (Å²) in [5.41, 5.74) is 1.09. The van der Waals surface area contributed by atoms with Crippen molar-refractivity contribution in [1.82, 2.24) is 9.78 Å². The van der Waals surface area contributed by atoms with Gasteiger partial charge in [-0.2, -0.15) is 5.10 Å². The van der Waals surface area contributed by atoms with Gasteiger partial charge < -0.3 is 5.11 Å². The molecule has 0 aliphatic rings. The fourth-order valence-corrected chi connectivity index (χ4v) is 1.75. The summed E-state index contributed by atoms with van der Waals surface area (Å²) in [6.45, 7) is 0. The SMILES string of the molecule is Cn1cc(C(O)c2ccc(F)cc2Cl)cn1. The minimum atomic E-state index is -0.887. The van der Waals surface area contributed by atoms with Crippen molar-refractivity contribution in [3.05, 3.63) is 52.6 Å². The van der Waals surface area contributed by atoms with Crippen LogP contribution in [0.25, 0.3) is 0 Å². The topological polar surface area (TPSA) is 38.0 Å². The molecule has 0 saturated heterocycles. The monoisotopic (exact) mass is 240 g/mol. The van der Waals surface area contributed by atoms with Crippen molar-refractivity contribution in [2.24, 2.45) is 7.05 Å². The molecule has 84 valence electrons. The molecule has 5 heteroatoms. The molecular weight excluding hydrogens is 231 g/mol. The molecule has 1 heterocycles.